The Bertz CT molecular complexity index is 179. The van der Waals surface area contributed by atoms with Gasteiger partial charge in [0.1, 0.15) is 6.61 Å². The Kier molecular flexibility index (Phi) is 4.69. The predicted molar refractivity (Wildman–Crippen MR) is 51.8 cm³/mol. The van der Waals surface area contributed by atoms with E-state index in [1.807, 2.05) is 0 Å². The maximum Gasteiger partial charge on any atom is 0.407 e. The minimum Gasteiger partial charge on any atom is -0.447 e. The van der Waals surface area contributed by atoms with Crippen LogP contribution in [0.25, 0.3) is 0 Å². The number of ether oxygens (including phenoxy) is 1. The molecule has 0 aromatic heterocycles. The normalized spacial score (nSPS) is 27.0. The van der Waals surface area contributed by atoms with E-state index in [0.717, 1.165) is 25.7 Å². The van der Waals surface area contributed by atoms with E-state index in [-0.39, 0.29) is 25.3 Å². The fourth-order valence-corrected chi connectivity index (χ4v) is 1.61. The number of aliphatic hydroxyl groups is 1. The second-order valence-electron chi connectivity index (χ2n) is 3.62. The molecule has 0 aromatic carbocycles. The van der Waals surface area contributed by atoms with E-state index in [4.69, 9.17) is 10.8 Å². The van der Waals surface area contributed by atoms with Gasteiger partial charge in [0.15, 0.2) is 0 Å². The number of aliphatic hydroxyl groups excluding tert-OH is 1. The van der Waals surface area contributed by atoms with E-state index in [0.29, 0.717) is 0 Å². The first-order valence-electron chi connectivity index (χ1n) is 5.02. The minimum atomic E-state index is -0.445. The number of rotatable bonds is 3. The lowest BCUT2D eigenvalue weighted by molar-refractivity contribution is 0.114. The Labute approximate surface area is 83.6 Å². The van der Waals surface area contributed by atoms with Crippen LogP contribution < -0.4 is 11.1 Å². The van der Waals surface area contributed by atoms with Crippen LogP contribution in [0.2, 0.25) is 0 Å². The fraction of sp³-hybridized carbons (Fsp3) is 0.889. The van der Waals surface area contributed by atoms with Crippen LogP contribution in [0.5, 0.6) is 0 Å². The van der Waals surface area contributed by atoms with Crippen molar-refractivity contribution in [3.8, 4) is 0 Å². The molecule has 0 heterocycles. The van der Waals surface area contributed by atoms with Gasteiger partial charge in [-0.3, -0.25) is 0 Å². The van der Waals surface area contributed by atoms with Crippen LogP contribution >= 0.6 is 0 Å². The number of hydrogen-bond acceptors (Lipinski definition) is 4. The number of nitrogens with one attached hydrogen (secondary N) is 1. The third kappa shape index (κ3) is 3.93. The summed E-state index contributed by atoms with van der Waals surface area (Å²) in [5, 5.41) is 11.2. The molecule has 1 aliphatic carbocycles. The monoisotopic (exact) mass is 202 g/mol. The minimum absolute atomic E-state index is 0.0536. The molecule has 0 spiro atoms. The van der Waals surface area contributed by atoms with Gasteiger partial charge in [-0.25, -0.2) is 4.79 Å². The van der Waals surface area contributed by atoms with Crippen molar-refractivity contribution in [3.63, 3.8) is 0 Å². The molecule has 0 saturated heterocycles. The van der Waals surface area contributed by atoms with Crippen LogP contribution in [0.4, 0.5) is 4.79 Å². The van der Waals surface area contributed by atoms with E-state index >= 15 is 0 Å². The zero-order valence-corrected chi connectivity index (χ0v) is 8.24. The summed E-state index contributed by atoms with van der Waals surface area (Å²) in [5.41, 5.74) is 5.73. The molecular formula is C9H18N2O3. The van der Waals surface area contributed by atoms with Crippen molar-refractivity contribution in [1.29, 1.82) is 0 Å². The van der Waals surface area contributed by atoms with Gasteiger partial charge in [0, 0.05) is 12.1 Å². The zero-order chi connectivity index (χ0) is 10.4. The zero-order valence-electron chi connectivity index (χ0n) is 8.24. The summed E-state index contributed by atoms with van der Waals surface area (Å²) in [6, 6.07) is 0.461. The third-order valence-corrected chi connectivity index (χ3v) is 2.42. The second kappa shape index (κ2) is 5.82. The van der Waals surface area contributed by atoms with Crippen molar-refractivity contribution in [2.75, 3.05) is 13.2 Å². The molecule has 82 valence electrons. The van der Waals surface area contributed by atoms with Crippen LogP contribution in [0.15, 0.2) is 0 Å². The topological polar surface area (TPSA) is 84.6 Å². The highest BCUT2D eigenvalue weighted by molar-refractivity contribution is 5.67. The van der Waals surface area contributed by atoms with Crippen molar-refractivity contribution in [1.82, 2.24) is 5.32 Å². The van der Waals surface area contributed by atoms with Gasteiger partial charge in [0.2, 0.25) is 0 Å². The molecule has 5 nitrogen and oxygen atoms in total. The summed E-state index contributed by atoms with van der Waals surface area (Å²) >= 11 is 0. The van der Waals surface area contributed by atoms with Crippen molar-refractivity contribution in [3.05, 3.63) is 0 Å². The lowest BCUT2D eigenvalue weighted by Crippen LogP contribution is -2.40. The molecule has 1 amide bonds. The lowest BCUT2D eigenvalue weighted by Gasteiger charge is -2.26. The van der Waals surface area contributed by atoms with Gasteiger partial charge in [0.25, 0.3) is 0 Å². The van der Waals surface area contributed by atoms with E-state index < -0.39 is 6.09 Å². The molecule has 0 radical (unpaired) electrons. The summed E-state index contributed by atoms with van der Waals surface area (Å²) < 4.78 is 4.69. The van der Waals surface area contributed by atoms with E-state index in [9.17, 15) is 4.79 Å². The average molecular weight is 202 g/mol. The molecule has 4 N–H and O–H groups in total. The van der Waals surface area contributed by atoms with Crippen molar-refractivity contribution in [2.24, 2.45) is 5.73 Å². The number of amides is 1. The standard InChI is InChI=1S/C9H18N2O3/c10-7-1-3-8(4-2-7)11-9(13)14-6-5-12/h7-8,12H,1-6,10H2,(H,11,13). The molecule has 5 heteroatoms. The van der Waals surface area contributed by atoms with Crippen LogP contribution in [0, 0.1) is 0 Å². The highest BCUT2D eigenvalue weighted by atomic mass is 16.6. The van der Waals surface area contributed by atoms with Gasteiger partial charge in [-0.15, -0.1) is 0 Å². The number of alkyl carbamates (subject to hydrolysis) is 1. The van der Waals surface area contributed by atoms with Crippen LogP contribution in [0.1, 0.15) is 25.7 Å². The molecule has 1 fully saturated rings. The van der Waals surface area contributed by atoms with Gasteiger partial charge in [-0.1, -0.05) is 0 Å². The number of nitrogens with two attached hydrogens (primary N) is 1. The first-order chi connectivity index (χ1) is 6.72. The second-order valence-corrected chi connectivity index (χ2v) is 3.62. The van der Waals surface area contributed by atoms with Gasteiger partial charge in [0.05, 0.1) is 6.61 Å². The Morgan fingerprint density at radius 1 is 1.43 bits per heavy atom. The average Bonchev–Trinajstić information content (AvgIpc) is 2.18. The Hall–Kier alpha value is -0.810. The lowest BCUT2D eigenvalue weighted by atomic mass is 9.92. The Balaban J connectivity index is 2.14. The van der Waals surface area contributed by atoms with Gasteiger partial charge in [-0.05, 0) is 25.7 Å². The van der Waals surface area contributed by atoms with E-state index in [2.05, 4.69) is 10.1 Å². The highest BCUT2D eigenvalue weighted by Gasteiger charge is 2.20. The smallest absolute Gasteiger partial charge is 0.407 e. The molecule has 0 unspecified atom stereocenters. The Morgan fingerprint density at radius 2 is 2.07 bits per heavy atom. The SMILES string of the molecule is NC1CCC(NC(=O)OCCO)CC1. The van der Waals surface area contributed by atoms with Crippen LogP contribution in [-0.2, 0) is 4.74 Å². The van der Waals surface area contributed by atoms with Crippen molar-refractivity contribution >= 4 is 6.09 Å². The summed E-state index contributed by atoms with van der Waals surface area (Å²) in [4.78, 5) is 11.1. The van der Waals surface area contributed by atoms with E-state index in [1.54, 1.807) is 0 Å². The summed E-state index contributed by atoms with van der Waals surface area (Å²) in [6.07, 6.45) is 3.28. The molecule has 0 atom stereocenters. The highest BCUT2D eigenvalue weighted by Crippen LogP contribution is 2.16. The molecule has 1 aliphatic rings. The largest absolute Gasteiger partial charge is 0.447 e. The number of hydrogen-bond donors (Lipinski definition) is 3. The van der Waals surface area contributed by atoms with E-state index in [1.165, 1.54) is 0 Å². The predicted octanol–water partition coefficient (Wildman–Crippen LogP) is -0.0252. The summed E-state index contributed by atoms with van der Waals surface area (Å²) in [6.45, 7) is -0.0823. The molecule has 0 aromatic rings. The van der Waals surface area contributed by atoms with Crippen LogP contribution in [0.3, 0.4) is 0 Å². The molecular weight excluding hydrogens is 184 g/mol. The fourth-order valence-electron chi connectivity index (χ4n) is 1.61. The first-order valence-corrected chi connectivity index (χ1v) is 5.02. The molecule has 0 aliphatic heterocycles. The van der Waals surface area contributed by atoms with Gasteiger partial charge >= 0.3 is 6.09 Å². The maximum atomic E-state index is 11.1. The molecule has 1 rings (SSSR count). The molecule has 1 saturated carbocycles. The molecule has 14 heavy (non-hydrogen) atoms. The summed E-state index contributed by atoms with van der Waals surface area (Å²) in [5.74, 6) is 0. The van der Waals surface area contributed by atoms with Crippen LogP contribution in [-0.4, -0.2) is 36.5 Å². The van der Waals surface area contributed by atoms with Gasteiger partial charge < -0.3 is 20.9 Å². The Morgan fingerprint density at radius 3 is 2.64 bits per heavy atom. The van der Waals surface area contributed by atoms with Crippen molar-refractivity contribution < 1.29 is 14.6 Å². The maximum absolute atomic E-state index is 11.1. The van der Waals surface area contributed by atoms with Crippen molar-refractivity contribution in [2.45, 2.75) is 37.8 Å². The number of carbonyl (C=O) groups is 1. The third-order valence-electron chi connectivity index (χ3n) is 2.42. The number of carbonyl (C=O) groups excluding carboxylic acids is 1. The molecule has 0 bridgehead atoms. The first kappa shape index (κ1) is 11.3. The van der Waals surface area contributed by atoms with Gasteiger partial charge in [-0.2, -0.15) is 0 Å². The quantitative estimate of drug-likeness (QED) is 0.600. The summed E-state index contributed by atoms with van der Waals surface area (Å²) in [7, 11) is 0.